The number of nitrogens with zero attached hydrogens (tertiary/aromatic N) is 4. The Bertz CT molecular complexity index is 1500. The molecule has 3 aromatic carbocycles. The highest BCUT2D eigenvalue weighted by Crippen LogP contribution is 2.39. The third kappa shape index (κ3) is 6.18. The Labute approximate surface area is 252 Å². The molecule has 0 N–H and O–H groups in total. The van der Waals surface area contributed by atoms with Crippen LogP contribution in [0.25, 0.3) is 0 Å². The Morgan fingerprint density at radius 2 is 1.56 bits per heavy atom. The SMILES string of the molecule is CC1CN(c2c(CO[Si](c3ccccc3)(c3ccccc3)C(C)(C)C)cc(C(=O)Cn3cncn3)c(F)c2F)CC(C)O1. The summed E-state index contributed by atoms with van der Waals surface area (Å²) in [5.74, 6) is -2.85. The van der Waals surface area contributed by atoms with Crippen molar-refractivity contribution in [3.8, 4) is 0 Å². The lowest BCUT2D eigenvalue weighted by Gasteiger charge is -2.43. The average molecular weight is 605 g/mol. The molecule has 7 nitrogen and oxygen atoms in total. The van der Waals surface area contributed by atoms with Crippen LogP contribution in [0.4, 0.5) is 14.5 Å². The maximum Gasteiger partial charge on any atom is 0.261 e. The van der Waals surface area contributed by atoms with Gasteiger partial charge in [-0.15, -0.1) is 0 Å². The predicted molar refractivity (Wildman–Crippen MR) is 165 cm³/mol. The number of halogens is 2. The highest BCUT2D eigenvalue weighted by atomic mass is 28.4. The minimum Gasteiger partial charge on any atom is -0.403 e. The molecule has 10 heteroatoms. The monoisotopic (exact) mass is 604 g/mol. The van der Waals surface area contributed by atoms with Gasteiger partial charge in [-0.2, -0.15) is 5.10 Å². The Kier molecular flexibility index (Phi) is 8.91. The molecule has 2 heterocycles. The third-order valence-corrected chi connectivity index (χ3v) is 12.9. The summed E-state index contributed by atoms with van der Waals surface area (Å²) < 4.78 is 46.3. The number of hydrogen-bond acceptors (Lipinski definition) is 6. The highest BCUT2D eigenvalue weighted by Gasteiger charge is 2.50. The van der Waals surface area contributed by atoms with Crippen molar-refractivity contribution in [2.45, 2.75) is 65.0 Å². The van der Waals surface area contributed by atoms with Gasteiger partial charge in [-0.05, 0) is 35.3 Å². The van der Waals surface area contributed by atoms with Crippen LogP contribution >= 0.6 is 0 Å². The van der Waals surface area contributed by atoms with E-state index in [-0.39, 0.29) is 41.6 Å². The van der Waals surface area contributed by atoms with Crippen molar-refractivity contribution in [1.82, 2.24) is 14.8 Å². The molecule has 0 spiro atoms. The first-order valence-electron chi connectivity index (χ1n) is 14.5. The standard InChI is InChI=1S/C33H38F2N4O3Si/c1-23-17-38(18-24(2)42-23)32-25(16-28(30(34)31(32)35)29(40)19-39-22-36-21-37-39)20-41-43(33(3,4)5,26-12-8-6-9-13-26)27-14-10-7-11-15-27/h6-16,21-24H,17-20H2,1-5H3. The molecular weight excluding hydrogens is 566 g/mol. The van der Waals surface area contributed by atoms with Crippen LogP contribution in [0.2, 0.25) is 5.04 Å². The Balaban J connectivity index is 1.65. The average Bonchev–Trinajstić information content (AvgIpc) is 3.48. The second-order valence-electron chi connectivity index (χ2n) is 12.2. The number of rotatable bonds is 9. The number of ether oxygens (including phenoxy) is 1. The summed E-state index contributed by atoms with van der Waals surface area (Å²) in [6.07, 6.45) is 2.27. The second kappa shape index (κ2) is 12.5. The van der Waals surface area contributed by atoms with Crippen LogP contribution in [0.15, 0.2) is 79.4 Å². The predicted octanol–water partition coefficient (Wildman–Crippen LogP) is 5.13. The summed E-state index contributed by atoms with van der Waals surface area (Å²) in [6, 6.07) is 21.7. The van der Waals surface area contributed by atoms with Gasteiger partial charge in [-0.25, -0.2) is 18.4 Å². The molecule has 43 heavy (non-hydrogen) atoms. The largest absolute Gasteiger partial charge is 0.403 e. The van der Waals surface area contributed by atoms with Gasteiger partial charge in [-0.3, -0.25) is 4.79 Å². The molecule has 0 aliphatic carbocycles. The molecule has 0 amide bonds. The lowest BCUT2D eigenvalue weighted by atomic mass is 10.0. The lowest BCUT2D eigenvalue weighted by Crippen LogP contribution is -2.66. The molecule has 5 rings (SSSR count). The summed E-state index contributed by atoms with van der Waals surface area (Å²) >= 11 is 0. The second-order valence-corrected chi connectivity index (χ2v) is 16.5. The molecular formula is C33H38F2N4O3Si. The summed E-state index contributed by atoms with van der Waals surface area (Å²) in [6.45, 7) is 10.7. The lowest BCUT2D eigenvalue weighted by molar-refractivity contribution is -0.00553. The van der Waals surface area contributed by atoms with Crippen LogP contribution in [-0.2, 0) is 22.3 Å². The molecule has 1 aliphatic heterocycles. The van der Waals surface area contributed by atoms with E-state index >= 15 is 8.78 Å². The van der Waals surface area contributed by atoms with E-state index in [4.69, 9.17) is 9.16 Å². The van der Waals surface area contributed by atoms with Gasteiger partial charge in [0.25, 0.3) is 8.32 Å². The summed E-state index contributed by atoms with van der Waals surface area (Å²) in [5.41, 5.74) is 0.178. The van der Waals surface area contributed by atoms with Gasteiger partial charge in [0.1, 0.15) is 19.2 Å². The number of Topliss-reactive ketones (excluding diaryl/α,β-unsaturated/α-hetero) is 1. The van der Waals surface area contributed by atoms with E-state index in [0.717, 1.165) is 10.4 Å². The van der Waals surface area contributed by atoms with Crippen molar-refractivity contribution in [3.63, 3.8) is 0 Å². The van der Waals surface area contributed by atoms with Gasteiger partial charge < -0.3 is 14.1 Å². The first-order valence-corrected chi connectivity index (χ1v) is 16.4. The Morgan fingerprint density at radius 1 is 0.977 bits per heavy atom. The highest BCUT2D eigenvalue weighted by molar-refractivity contribution is 6.99. The molecule has 1 fully saturated rings. The zero-order valence-corrected chi connectivity index (χ0v) is 26.3. The van der Waals surface area contributed by atoms with Crippen molar-refractivity contribution in [3.05, 3.63) is 102 Å². The van der Waals surface area contributed by atoms with Crippen LogP contribution in [-0.4, -0.2) is 54.2 Å². The molecule has 4 aromatic rings. The number of aromatic nitrogens is 3. The van der Waals surface area contributed by atoms with E-state index < -0.39 is 25.7 Å². The van der Waals surface area contributed by atoms with Crippen LogP contribution in [0.3, 0.4) is 0 Å². The first-order chi connectivity index (χ1) is 20.5. The number of ketones is 1. The first kappa shape index (κ1) is 30.7. The fourth-order valence-electron chi connectivity index (χ4n) is 6.18. The van der Waals surface area contributed by atoms with E-state index in [9.17, 15) is 4.79 Å². The Morgan fingerprint density at radius 3 is 2.07 bits per heavy atom. The van der Waals surface area contributed by atoms with Gasteiger partial charge in [0.15, 0.2) is 17.4 Å². The number of anilines is 1. The topological polar surface area (TPSA) is 69.5 Å². The zero-order valence-electron chi connectivity index (χ0n) is 25.3. The van der Waals surface area contributed by atoms with E-state index in [1.807, 2.05) is 55.1 Å². The van der Waals surface area contributed by atoms with Gasteiger partial charge in [-0.1, -0.05) is 81.4 Å². The maximum atomic E-state index is 16.2. The van der Waals surface area contributed by atoms with Crippen LogP contribution in [0.5, 0.6) is 0 Å². The van der Waals surface area contributed by atoms with Crippen molar-refractivity contribution in [1.29, 1.82) is 0 Å². The van der Waals surface area contributed by atoms with E-state index in [1.54, 1.807) is 0 Å². The maximum absolute atomic E-state index is 16.2. The fraction of sp³-hybridized carbons (Fsp3) is 0.364. The van der Waals surface area contributed by atoms with E-state index in [0.29, 0.717) is 18.7 Å². The molecule has 1 aromatic heterocycles. The zero-order chi connectivity index (χ0) is 30.8. The molecule has 1 aliphatic rings. The summed E-state index contributed by atoms with van der Waals surface area (Å²) in [7, 11) is -3.03. The third-order valence-electron chi connectivity index (χ3n) is 7.93. The molecule has 0 saturated carbocycles. The molecule has 0 bridgehead atoms. The minimum atomic E-state index is -3.03. The number of carbonyl (C=O) groups is 1. The fourth-order valence-corrected chi connectivity index (χ4v) is 10.7. The summed E-state index contributed by atoms with van der Waals surface area (Å²) in [4.78, 5) is 18.9. The number of morpholine rings is 1. The number of hydrogen-bond donors (Lipinski definition) is 0. The van der Waals surface area contributed by atoms with Gasteiger partial charge >= 0.3 is 0 Å². The van der Waals surface area contributed by atoms with Crippen LogP contribution in [0, 0.1) is 11.6 Å². The normalized spacial score (nSPS) is 17.7. The van der Waals surface area contributed by atoms with Crippen LogP contribution in [0.1, 0.15) is 50.5 Å². The Hall–Kier alpha value is -3.73. The van der Waals surface area contributed by atoms with Crippen molar-refractivity contribution < 1.29 is 22.7 Å². The number of benzene rings is 3. The van der Waals surface area contributed by atoms with Gasteiger partial charge in [0.2, 0.25) is 0 Å². The van der Waals surface area contributed by atoms with E-state index in [1.165, 1.54) is 23.4 Å². The quantitative estimate of drug-likeness (QED) is 0.195. The molecule has 1 saturated heterocycles. The van der Waals surface area contributed by atoms with E-state index in [2.05, 4.69) is 55.1 Å². The number of carbonyl (C=O) groups excluding carboxylic acids is 1. The van der Waals surface area contributed by atoms with Crippen molar-refractivity contribution in [2.75, 3.05) is 18.0 Å². The summed E-state index contributed by atoms with van der Waals surface area (Å²) in [5, 5.41) is 5.75. The van der Waals surface area contributed by atoms with Gasteiger partial charge in [0, 0.05) is 18.7 Å². The molecule has 226 valence electrons. The molecule has 2 unspecified atom stereocenters. The van der Waals surface area contributed by atoms with Crippen LogP contribution < -0.4 is 15.3 Å². The van der Waals surface area contributed by atoms with Gasteiger partial charge in [0.05, 0.1) is 30.1 Å². The molecule has 0 radical (unpaired) electrons. The van der Waals surface area contributed by atoms with Crippen molar-refractivity contribution in [2.24, 2.45) is 0 Å². The van der Waals surface area contributed by atoms with Crippen molar-refractivity contribution >= 4 is 30.2 Å². The molecule has 2 atom stereocenters. The smallest absolute Gasteiger partial charge is 0.261 e. The minimum absolute atomic E-state index is 0.0243.